The molecule has 31 heavy (non-hydrogen) atoms. The molecule has 1 aliphatic heterocycles. The molecule has 154 valence electrons. The zero-order valence-electron chi connectivity index (χ0n) is 16.0. The summed E-state index contributed by atoms with van der Waals surface area (Å²) >= 11 is 12.3. The predicted molar refractivity (Wildman–Crippen MR) is 121 cm³/mol. The molecule has 5 rings (SSSR count). The van der Waals surface area contributed by atoms with Gasteiger partial charge in [-0.1, -0.05) is 53.5 Å². The van der Waals surface area contributed by atoms with Gasteiger partial charge in [0.25, 0.3) is 0 Å². The summed E-state index contributed by atoms with van der Waals surface area (Å²) in [6.07, 6.45) is 0.152. The van der Waals surface area contributed by atoms with E-state index >= 15 is 0 Å². The van der Waals surface area contributed by atoms with Crippen LogP contribution in [0.3, 0.4) is 0 Å². The van der Waals surface area contributed by atoms with Gasteiger partial charge in [-0.2, -0.15) is 13.2 Å². The van der Waals surface area contributed by atoms with Crippen LogP contribution in [0.5, 0.6) is 0 Å². The van der Waals surface area contributed by atoms with Crippen LogP contribution in [0.15, 0.2) is 71.7 Å². The highest BCUT2D eigenvalue weighted by Gasteiger charge is 2.31. The lowest BCUT2D eigenvalue weighted by Crippen LogP contribution is -2.04. The highest BCUT2D eigenvalue weighted by molar-refractivity contribution is 6.34. The lowest BCUT2D eigenvalue weighted by Gasteiger charge is -2.16. The molecule has 0 unspecified atom stereocenters. The molecule has 0 spiro atoms. The van der Waals surface area contributed by atoms with Crippen LogP contribution < -0.4 is 0 Å². The molecule has 6 heteroatoms. The number of alkyl halides is 3. The molecular formula is C25H14Cl2F3N. The maximum atomic E-state index is 13.1. The molecule has 1 heterocycles. The van der Waals surface area contributed by atoms with E-state index in [1.165, 1.54) is 12.1 Å². The minimum absolute atomic E-state index is 0.577. The van der Waals surface area contributed by atoms with Gasteiger partial charge in [0.1, 0.15) is 0 Å². The molecule has 0 saturated carbocycles. The van der Waals surface area contributed by atoms with E-state index in [4.69, 9.17) is 23.2 Å². The summed E-state index contributed by atoms with van der Waals surface area (Å²) in [6.45, 7) is 0. The maximum absolute atomic E-state index is 13.1. The monoisotopic (exact) mass is 455 g/mol. The molecule has 0 bridgehead atoms. The second kappa shape index (κ2) is 7.40. The first kappa shape index (κ1) is 20.1. The second-order valence-electron chi connectivity index (χ2n) is 7.41. The third kappa shape index (κ3) is 3.60. The Morgan fingerprint density at radius 2 is 1.52 bits per heavy atom. The van der Waals surface area contributed by atoms with Crippen LogP contribution in [-0.4, -0.2) is 6.21 Å². The van der Waals surface area contributed by atoms with Crippen LogP contribution >= 0.6 is 23.2 Å². The SMILES string of the molecule is FC(F)(F)c1ccc(C(C2=CCc3cc(Cl)ccc32)=C2C=Nc3cc(Cl)ccc32)cc1. The van der Waals surface area contributed by atoms with E-state index in [9.17, 15) is 13.2 Å². The predicted octanol–water partition coefficient (Wildman–Crippen LogP) is 8.28. The molecule has 0 radical (unpaired) electrons. The summed E-state index contributed by atoms with van der Waals surface area (Å²) in [5, 5.41) is 1.23. The fourth-order valence-corrected chi connectivity index (χ4v) is 4.44. The van der Waals surface area contributed by atoms with Gasteiger partial charge < -0.3 is 0 Å². The molecule has 3 aromatic rings. The number of nitrogens with zero attached hydrogens (tertiary/aromatic N) is 1. The van der Waals surface area contributed by atoms with Gasteiger partial charge in [-0.15, -0.1) is 0 Å². The van der Waals surface area contributed by atoms with Gasteiger partial charge in [0.2, 0.25) is 0 Å². The molecular weight excluding hydrogens is 442 g/mol. The number of rotatable bonds is 2. The van der Waals surface area contributed by atoms with Crippen molar-refractivity contribution < 1.29 is 13.2 Å². The minimum Gasteiger partial charge on any atom is -0.256 e. The Balaban J connectivity index is 1.72. The Labute approximate surface area is 187 Å². The molecule has 0 aromatic heterocycles. The van der Waals surface area contributed by atoms with Crippen molar-refractivity contribution in [2.75, 3.05) is 0 Å². The first-order valence-corrected chi connectivity index (χ1v) is 10.3. The van der Waals surface area contributed by atoms with Crippen LogP contribution in [0, 0.1) is 0 Å². The third-order valence-corrected chi connectivity index (χ3v) is 5.98. The molecule has 0 fully saturated rings. The van der Waals surface area contributed by atoms with Crippen LogP contribution in [0.4, 0.5) is 18.9 Å². The van der Waals surface area contributed by atoms with Gasteiger partial charge in [0, 0.05) is 27.4 Å². The van der Waals surface area contributed by atoms with E-state index in [2.05, 4.69) is 11.1 Å². The van der Waals surface area contributed by atoms with Gasteiger partial charge >= 0.3 is 6.18 Å². The van der Waals surface area contributed by atoms with Gasteiger partial charge in [0.05, 0.1) is 11.3 Å². The van der Waals surface area contributed by atoms with E-state index in [1.807, 2.05) is 24.3 Å². The van der Waals surface area contributed by atoms with Gasteiger partial charge in [-0.05, 0) is 70.7 Å². The first-order valence-electron chi connectivity index (χ1n) is 9.56. The zero-order valence-corrected chi connectivity index (χ0v) is 17.5. The Morgan fingerprint density at radius 1 is 0.839 bits per heavy atom. The molecule has 0 N–H and O–H groups in total. The number of hydrogen-bond acceptors (Lipinski definition) is 1. The van der Waals surface area contributed by atoms with E-state index in [1.54, 1.807) is 18.3 Å². The molecule has 1 aliphatic carbocycles. The standard InChI is InChI=1S/C25H14Cl2F3N/c26-17-6-9-19-15(11-17)3-8-21(19)24(14-1-4-16(5-2-14)25(28,29)30)22-13-31-23-12-18(27)7-10-20(22)23/h1-2,4-13H,3H2. The third-order valence-electron chi connectivity index (χ3n) is 5.51. The van der Waals surface area contributed by atoms with Crippen molar-refractivity contribution in [1.29, 1.82) is 0 Å². The lowest BCUT2D eigenvalue weighted by atomic mass is 9.87. The molecule has 2 aliphatic rings. The largest absolute Gasteiger partial charge is 0.416 e. The molecule has 0 atom stereocenters. The Bertz CT molecular complexity index is 1300. The van der Waals surface area contributed by atoms with Crippen molar-refractivity contribution in [3.8, 4) is 0 Å². The second-order valence-corrected chi connectivity index (χ2v) is 8.28. The summed E-state index contributed by atoms with van der Waals surface area (Å²) in [5.41, 5.74) is 6.37. The van der Waals surface area contributed by atoms with Crippen molar-refractivity contribution in [1.82, 2.24) is 0 Å². The van der Waals surface area contributed by atoms with Gasteiger partial charge in [0.15, 0.2) is 0 Å². The van der Waals surface area contributed by atoms with E-state index in [0.29, 0.717) is 22.0 Å². The van der Waals surface area contributed by atoms with Crippen molar-refractivity contribution in [2.24, 2.45) is 4.99 Å². The molecule has 3 aromatic carbocycles. The van der Waals surface area contributed by atoms with E-state index < -0.39 is 11.7 Å². The quantitative estimate of drug-likeness (QED) is 0.368. The first-order chi connectivity index (χ1) is 14.8. The summed E-state index contributed by atoms with van der Waals surface area (Å²) in [7, 11) is 0. The van der Waals surface area contributed by atoms with E-state index in [0.717, 1.165) is 51.2 Å². The molecule has 0 saturated heterocycles. The highest BCUT2D eigenvalue weighted by Crippen LogP contribution is 2.46. The van der Waals surface area contributed by atoms with Crippen molar-refractivity contribution >= 4 is 51.8 Å². The Kier molecular flexibility index (Phi) is 4.80. The minimum atomic E-state index is -4.39. The molecule has 1 nitrogen and oxygen atoms in total. The summed E-state index contributed by atoms with van der Waals surface area (Å²) in [5.74, 6) is 0. The van der Waals surface area contributed by atoms with Crippen LogP contribution in [0.25, 0.3) is 16.7 Å². The van der Waals surface area contributed by atoms with E-state index in [-0.39, 0.29) is 0 Å². The van der Waals surface area contributed by atoms with Gasteiger partial charge in [-0.25, -0.2) is 0 Å². The fraction of sp³-hybridized carbons (Fsp3) is 0.0800. The topological polar surface area (TPSA) is 12.4 Å². The average Bonchev–Trinajstić information content (AvgIpc) is 3.32. The maximum Gasteiger partial charge on any atom is 0.416 e. The summed E-state index contributed by atoms with van der Waals surface area (Å²) in [4.78, 5) is 4.49. The normalized spacial score (nSPS) is 16.2. The van der Waals surface area contributed by atoms with Crippen molar-refractivity contribution in [3.05, 3.63) is 105 Å². The van der Waals surface area contributed by atoms with Crippen LogP contribution in [0.1, 0.15) is 27.8 Å². The zero-order chi connectivity index (χ0) is 21.8. The fourth-order valence-electron chi connectivity index (χ4n) is 4.08. The summed E-state index contributed by atoms with van der Waals surface area (Å²) < 4.78 is 39.4. The molecule has 0 amide bonds. The average molecular weight is 456 g/mol. The number of hydrogen-bond donors (Lipinski definition) is 0. The van der Waals surface area contributed by atoms with Crippen LogP contribution in [-0.2, 0) is 12.6 Å². The Morgan fingerprint density at radius 3 is 2.23 bits per heavy atom. The Hall–Kier alpha value is -2.82. The number of benzene rings is 3. The highest BCUT2D eigenvalue weighted by atomic mass is 35.5. The smallest absolute Gasteiger partial charge is 0.256 e. The lowest BCUT2D eigenvalue weighted by molar-refractivity contribution is -0.137. The number of allylic oxidation sites excluding steroid dienone is 4. The van der Waals surface area contributed by atoms with Gasteiger partial charge in [-0.3, -0.25) is 4.99 Å². The summed E-state index contributed by atoms with van der Waals surface area (Å²) in [6, 6.07) is 16.4. The van der Waals surface area contributed by atoms with Crippen molar-refractivity contribution in [2.45, 2.75) is 12.6 Å². The number of fused-ring (bicyclic) bond motifs is 2. The van der Waals surface area contributed by atoms with Crippen LogP contribution in [0.2, 0.25) is 10.0 Å². The van der Waals surface area contributed by atoms with Crippen molar-refractivity contribution in [3.63, 3.8) is 0 Å². The number of aliphatic imine (C=N–C) groups is 1. The number of halogens is 5.